The van der Waals surface area contributed by atoms with E-state index in [9.17, 15) is 12.8 Å². The van der Waals surface area contributed by atoms with Crippen LogP contribution in [0.3, 0.4) is 0 Å². The zero-order valence-corrected chi connectivity index (χ0v) is 13.5. The highest BCUT2D eigenvalue weighted by molar-refractivity contribution is 7.89. The molecule has 2 rings (SSSR count). The van der Waals surface area contributed by atoms with E-state index in [1.165, 1.54) is 36.4 Å². The number of rotatable bonds is 5. The van der Waals surface area contributed by atoms with Crippen LogP contribution in [0.4, 0.5) is 4.39 Å². The Bertz CT molecular complexity index is 798. The van der Waals surface area contributed by atoms with Gasteiger partial charge < -0.3 is 10.0 Å². The van der Waals surface area contributed by atoms with Gasteiger partial charge in [-0.15, -0.1) is 0 Å². The maximum atomic E-state index is 14.0. The SMILES string of the molecule is C.CC(C)NS(=O)(=O)c1ccc(-c2ccc(B(O)O)cc2F)cc1.[HH]. The molecule has 0 aliphatic carbocycles. The van der Waals surface area contributed by atoms with Crippen LogP contribution in [0.2, 0.25) is 0 Å². The minimum absolute atomic E-state index is 0. The summed E-state index contributed by atoms with van der Waals surface area (Å²) in [4.78, 5) is 0.0951. The number of nitrogens with one attached hydrogen (secondary N) is 1. The lowest BCUT2D eigenvalue weighted by molar-refractivity contribution is 0.425. The summed E-state index contributed by atoms with van der Waals surface area (Å²) in [7, 11) is -5.34. The molecule has 0 fully saturated rings. The molecule has 5 nitrogen and oxygen atoms in total. The van der Waals surface area contributed by atoms with Gasteiger partial charge in [-0.25, -0.2) is 17.5 Å². The van der Waals surface area contributed by atoms with Crippen molar-refractivity contribution in [2.75, 3.05) is 0 Å². The maximum absolute atomic E-state index is 14.0. The number of hydrogen-bond acceptors (Lipinski definition) is 4. The molecule has 0 atom stereocenters. The van der Waals surface area contributed by atoms with Crippen LogP contribution in [0.15, 0.2) is 47.4 Å². The second-order valence-corrected chi connectivity index (χ2v) is 7.13. The Morgan fingerprint density at radius 3 is 2.17 bits per heavy atom. The van der Waals surface area contributed by atoms with Crippen LogP contribution in [0.5, 0.6) is 0 Å². The molecule has 132 valence electrons. The quantitative estimate of drug-likeness (QED) is 0.713. The molecule has 0 spiro atoms. The Balaban J connectivity index is 0.00000288. The van der Waals surface area contributed by atoms with E-state index in [1.807, 2.05) is 0 Å². The fourth-order valence-electron chi connectivity index (χ4n) is 2.12. The van der Waals surface area contributed by atoms with Crippen molar-refractivity contribution in [1.29, 1.82) is 0 Å². The third kappa shape index (κ3) is 4.64. The predicted molar refractivity (Wildman–Crippen MR) is 96.0 cm³/mol. The smallest absolute Gasteiger partial charge is 0.423 e. The van der Waals surface area contributed by atoms with E-state index in [4.69, 9.17) is 10.0 Å². The highest BCUT2D eigenvalue weighted by Gasteiger charge is 2.17. The minimum atomic E-state index is -3.60. The zero-order chi connectivity index (χ0) is 17.2. The van der Waals surface area contributed by atoms with Gasteiger partial charge in [-0.1, -0.05) is 31.7 Å². The van der Waals surface area contributed by atoms with Gasteiger partial charge in [0.25, 0.3) is 0 Å². The highest BCUT2D eigenvalue weighted by atomic mass is 32.2. The average Bonchev–Trinajstić information content (AvgIpc) is 2.46. The second kappa shape index (κ2) is 7.89. The van der Waals surface area contributed by atoms with E-state index < -0.39 is 23.0 Å². The van der Waals surface area contributed by atoms with Gasteiger partial charge in [0.05, 0.1) is 4.90 Å². The van der Waals surface area contributed by atoms with E-state index in [0.717, 1.165) is 6.07 Å². The first-order chi connectivity index (χ1) is 10.7. The molecular formula is C16H23BFNO4S. The molecule has 0 saturated carbocycles. The van der Waals surface area contributed by atoms with Crippen LogP contribution >= 0.6 is 0 Å². The van der Waals surface area contributed by atoms with E-state index in [2.05, 4.69) is 4.72 Å². The van der Waals surface area contributed by atoms with Crippen LogP contribution in [0.1, 0.15) is 22.7 Å². The standard InChI is InChI=1S/C15H17BFNO4S.CH4.H2/c1-10(2)18-23(21,22)13-6-3-11(4-7-13)14-8-5-12(16(19)20)9-15(14)17;;/h3-10,18-20H,1-2H3;1H4;1H. The van der Waals surface area contributed by atoms with Crippen molar-refractivity contribution in [1.82, 2.24) is 4.72 Å². The Kier molecular flexibility index (Phi) is 6.68. The third-order valence-corrected chi connectivity index (χ3v) is 4.83. The lowest BCUT2D eigenvalue weighted by Gasteiger charge is -2.11. The number of hydrogen-bond donors (Lipinski definition) is 3. The first-order valence-electron chi connectivity index (χ1n) is 6.99. The fraction of sp³-hybridized carbons (Fsp3) is 0.250. The minimum Gasteiger partial charge on any atom is -0.423 e. The number of benzene rings is 2. The largest absolute Gasteiger partial charge is 0.488 e. The molecule has 2 aromatic rings. The van der Waals surface area contributed by atoms with Crippen LogP contribution in [0.25, 0.3) is 11.1 Å². The molecule has 0 unspecified atom stereocenters. The molecular weight excluding hydrogens is 332 g/mol. The zero-order valence-electron chi connectivity index (χ0n) is 12.7. The fourth-order valence-corrected chi connectivity index (χ4v) is 3.37. The van der Waals surface area contributed by atoms with Gasteiger partial charge in [0, 0.05) is 13.0 Å². The Morgan fingerprint density at radius 2 is 1.71 bits per heavy atom. The molecule has 0 amide bonds. The molecule has 3 N–H and O–H groups in total. The number of halogens is 1. The Morgan fingerprint density at radius 1 is 1.12 bits per heavy atom. The van der Waals surface area contributed by atoms with Crippen molar-refractivity contribution < 1.29 is 24.3 Å². The maximum Gasteiger partial charge on any atom is 0.488 e. The van der Waals surface area contributed by atoms with Gasteiger partial charge in [0.1, 0.15) is 5.82 Å². The molecule has 0 bridgehead atoms. The summed E-state index contributed by atoms with van der Waals surface area (Å²) in [6, 6.07) is 9.42. The lowest BCUT2D eigenvalue weighted by atomic mass is 9.79. The van der Waals surface area contributed by atoms with E-state index in [1.54, 1.807) is 13.8 Å². The van der Waals surface area contributed by atoms with Crippen LogP contribution in [-0.4, -0.2) is 31.6 Å². The molecule has 0 heterocycles. The molecule has 2 aromatic carbocycles. The van der Waals surface area contributed by atoms with Crippen LogP contribution in [-0.2, 0) is 10.0 Å². The lowest BCUT2D eigenvalue weighted by Crippen LogP contribution is -2.30. The van der Waals surface area contributed by atoms with Crippen molar-refractivity contribution >= 4 is 22.6 Å². The van der Waals surface area contributed by atoms with Gasteiger partial charge in [-0.3, -0.25) is 0 Å². The van der Waals surface area contributed by atoms with Crippen LogP contribution < -0.4 is 10.2 Å². The van der Waals surface area contributed by atoms with Gasteiger partial charge in [-0.2, -0.15) is 0 Å². The summed E-state index contributed by atoms with van der Waals surface area (Å²) >= 11 is 0. The van der Waals surface area contributed by atoms with Gasteiger partial charge in [0.15, 0.2) is 0 Å². The van der Waals surface area contributed by atoms with E-state index >= 15 is 0 Å². The predicted octanol–water partition coefficient (Wildman–Crippen LogP) is 1.74. The van der Waals surface area contributed by atoms with E-state index in [0.29, 0.717) is 5.56 Å². The van der Waals surface area contributed by atoms with Gasteiger partial charge >= 0.3 is 7.12 Å². The highest BCUT2D eigenvalue weighted by Crippen LogP contribution is 2.23. The summed E-state index contributed by atoms with van der Waals surface area (Å²) in [5.41, 5.74) is 0.784. The van der Waals surface area contributed by atoms with Crippen LogP contribution in [0, 0.1) is 5.82 Å². The topological polar surface area (TPSA) is 86.6 Å². The third-order valence-electron chi connectivity index (χ3n) is 3.16. The summed E-state index contributed by atoms with van der Waals surface area (Å²) in [6.45, 7) is 3.44. The summed E-state index contributed by atoms with van der Waals surface area (Å²) in [5, 5.41) is 18.0. The van der Waals surface area contributed by atoms with Gasteiger partial charge in [0.2, 0.25) is 10.0 Å². The summed E-state index contributed by atoms with van der Waals surface area (Å²) in [5.74, 6) is -0.619. The molecule has 24 heavy (non-hydrogen) atoms. The summed E-state index contributed by atoms with van der Waals surface area (Å²) < 4.78 is 40.6. The first-order valence-corrected chi connectivity index (χ1v) is 8.47. The Hall–Kier alpha value is -1.74. The van der Waals surface area contributed by atoms with Gasteiger partial charge in [-0.05, 0) is 43.1 Å². The number of sulfonamides is 1. The molecule has 8 heteroatoms. The second-order valence-electron chi connectivity index (χ2n) is 5.41. The monoisotopic (exact) mass is 355 g/mol. The van der Waals surface area contributed by atoms with Crippen molar-refractivity contribution in [2.24, 2.45) is 0 Å². The first kappa shape index (κ1) is 20.3. The summed E-state index contributed by atoms with van der Waals surface area (Å²) in [6.07, 6.45) is 0. The average molecular weight is 355 g/mol. The van der Waals surface area contributed by atoms with Crippen molar-refractivity contribution in [3.63, 3.8) is 0 Å². The normalized spacial score (nSPS) is 11.2. The van der Waals surface area contributed by atoms with Crippen molar-refractivity contribution in [2.45, 2.75) is 32.2 Å². The Labute approximate surface area is 143 Å². The molecule has 0 aromatic heterocycles. The van der Waals surface area contributed by atoms with Crippen molar-refractivity contribution in [3.05, 3.63) is 48.3 Å². The molecule has 0 aliphatic heterocycles. The van der Waals surface area contributed by atoms with E-state index in [-0.39, 0.29) is 30.8 Å². The molecule has 0 saturated heterocycles. The van der Waals surface area contributed by atoms with Crippen molar-refractivity contribution in [3.8, 4) is 11.1 Å². The molecule has 0 radical (unpaired) electrons. The molecule has 0 aliphatic rings.